The molecular weight excluding hydrogens is 448 g/mol. The van der Waals surface area contributed by atoms with Gasteiger partial charge in [0.05, 0.1) is 12.5 Å². The van der Waals surface area contributed by atoms with Crippen molar-refractivity contribution in [3.8, 4) is 16.9 Å². The van der Waals surface area contributed by atoms with E-state index in [1.165, 1.54) is 6.20 Å². The fourth-order valence-corrected chi connectivity index (χ4v) is 3.65. The number of amides is 1. The largest absolute Gasteiger partial charge is 0.324 e. The summed E-state index contributed by atoms with van der Waals surface area (Å²) in [6.45, 7) is 5.44. The third-order valence-corrected chi connectivity index (χ3v) is 5.41. The third kappa shape index (κ3) is 5.15. The Morgan fingerprint density at radius 2 is 1.94 bits per heavy atom. The Morgan fingerprint density at radius 1 is 1.06 bits per heavy atom. The highest BCUT2D eigenvalue weighted by molar-refractivity contribution is 6.05. The number of hydrogen-bond donors (Lipinski definition) is 2. The van der Waals surface area contributed by atoms with Gasteiger partial charge in [0.2, 0.25) is 5.95 Å². The first-order valence-corrected chi connectivity index (χ1v) is 11.2. The maximum atomic E-state index is 13.5. The van der Waals surface area contributed by atoms with Gasteiger partial charge in [0, 0.05) is 59.1 Å². The van der Waals surface area contributed by atoms with Crippen molar-refractivity contribution in [2.45, 2.75) is 20.8 Å². The quantitative estimate of drug-likeness (QED) is 0.301. The summed E-state index contributed by atoms with van der Waals surface area (Å²) in [6.07, 6.45) is 6.62. The van der Waals surface area contributed by atoms with Crippen LogP contribution in [0.1, 0.15) is 33.9 Å². The Bertz CT molecular complexity index is 1810. The molecule has 2 aromatic carbocycles. The van der Waals surface area contributed by atoms with E-state index in [1.807, 2.05) is 42.9 Å². The van der Waals surface area contributed by atoms with Gasteiger partial charge in [0.15, 0.2) is 0 Å². The summed E-state index contributed by atoms with van der Waals surface area (Å²) in [4.78, 5) is 25.9. The topological polar surface area (TPSA) is 84.7 Å². The lowest BCUT2D eigenvalue weighted by Gasteiger charge is -2.13. The fourth-order valence-electron chi connectivity index (χ4n) is 3.65. The second kappa shape index (κ2) is 9.84. The molecule has 7 heteroatoms. The van der Waals surface area contributed by atoms with E-state index >= 15 is 0 Å². The van der Waals surface area contributed by atoms with Crippen LogP contribution in [0.3, 0.4) is 0 Å². The molecule has 0 aliphatic rings. The van der Waals surface area contributed by atoms with Crippen molar-refractivity contribution in [1.82, 2.24) is 19.5 Å². The van der Waals surface area contributed by atoms with Gasteiger partial charge in [0.25, 0.3) is 5.91 Å². The van der Waals surface area contributed by atoms with E-state index in [-0.39, 0.29) is 58.8 Å². The monoisotopic (exact) mass is 479 g/mol. The Kier molecular flexibility index (Phi) is 4.82. The average molecular weight is 480 g/mol. The van der Waals surface area contributed by atoms with E-state index in [4.69, 9.17) is 6.85 Å². The number of aromatic nitrogens is 4. The Hall–Kier alpha value is -4.78. The lowest BCUT2D eigenvalue weighted by Crippen LogP contribution is -2.13. The van der Waals surface area contributed by atoms with Crippen LogP contribution >= 0.6 is 0 Å². The van der Waals surface area contributed by atoms with E-state index in [9.17, 15) is 4.79 Å². The van der Waals surface area contributed by atoms with Crippen LogP contribution in [0, 0.1) is 20.8 Å². The van der Waals surface area contributed by atoms with Gasteiger partial charge < -0.3 is 15.2 Å². The number of rotatable bonds is 6. The Morgan fingerprint density at radius 3 is 2.72 bits per heavy atom. The summed E-state index contributed by atoms with van der Waals surface area (Å²) in [6, 6.07) is 9.77. The first kappa shape index (κ1) is 17.6. The van der Waals surface area contributed by atoms with Crippen molar-refractivity contribution in [3.63, 3.8) is 0 Å². The summed E-state index contributed by atoms with van der Waals surface area (Å²) in [7, 11) is 0. The molecule has 178 valence electrons. The second-order valence-corrected chi connectivity index (χ2v) is 8.36. The molecule has 0 atom stereocenters. The highest BCUT2D eigenvalue weighted by atomic mass is 16.1. The molecule has 5 rings (SSSR count). The van der Waals surface area contributed by atoms with Crippen LogP contribution in [-0.4, -0.2) is 25.4 Å². The van der Waals surface area contributed by atoms with E-state index in [2.05, 4.69) is 25.6 Å². The number of nitrogens with one attached hydrogen (secondary N) is 2. The summed E-state index contributed by atoms with van der Waals surface area (Å²) in [5.41, 5.74) is 3.98. The summed E-state index contributed by atoms with van der Waals surface area (Å²) < 4.78 is 44.1. The minimum atomic E-state index is -0.712. The second-order valence-electron chi connectivity index (χ2n) is 8.36. The molecule has 7 nitrogen and oxygen atoms in total. The Balaban J connectivity index is 1.52. The first-order valence-electron chi connectivity index (χ1n) is 13.7. The molecular formula is C29H26N6O. The van der Waals surface area contributed by atoms with E-state index < -0.39 is 5.91 Å². The normalized spacial score (nSPS) is 12.7. The molecule has 0 unspecified atom stereocenters. The number of carbonyl (C=O) groups is 1. The predicted octanol–water partition coefficient (Wildman–Crippen LogP) is 6.25. The molecule has 0 aliphatic carbocycles. The van der Waals surface area contributed by atoms with Gasteiger partial charge in [0.1, 0.15) is 0 Å². The summed E-state index contributed by atoms with van der Waals surface area (Å²) in [5.74, 6) is -0.799. The van der Waals surface area contributed by atoms with Crippen LogP contribution < -0.4 is 10.6 Å². The smallest absolute Gasteiger partial charge is 0.255 e. The zero-order valence-corrected chi connectivity index (χ0v) is 20.0. The molecule has 0 radical (unpaired) electrons. The van der Waals surface area contributed by atoms with Gasteiger partial charge in [-0.25, -0.2) is 9.97 Å². The maximum Gasteiger partial charge on any atom is 0.255 e. The zero-order valence-electron chi connectivity index (χ0n) is 25.0. The van der Waals surface area contributed by atoms with Crippen molar-refractivity contribution in [2.24, 2.45) is 0 Å². The third-order valence-electron chi connectivity index (χ3n) is 5.41. The van der Waals surface area contributed by atoms with Crippen molar-refractivity contribution in [3.05, 3.63) is 114 Å². The minimum absolute atomic E-state index is 0.0539. The molecule has 0 saturated heterocycles. The standard InChI is InChI=1S/C29H26N6O/c1-19-9-12-35(18-19)25-14-20(2)13-24(16-25)32-28(36)22-7-6-21(3)27(15-22)34-29-31-11-8-26(33-29)23-5-4-10-30-17-23/h4-18H,1-3H3,(H,32,36)(H,31,33,34)/i6D,7D,8D,11D,15D. The number of hydrogen-bond acceptors (Lipinski definition) is 5. The van der Waals surface area contributed by atoms with Gasteiger partial charge >= 0.3 is 0 Å². The number of carbonyl (C=O) groups excluding carboxylic acids is 1. The average Bonchev–Trinajstić information content (AvgIpc) is 3.38. The van der Waals surface area contributed by atoms with Crippen molar-refractivity contribution < 1.29 is 11.6 Å². The van der Waals surface area contributed by atoms with Crippen molar-refractivity contribution >= 4 is 23.2 Å². The lowest BCUT2D eigenvalue weighted by molar-refractivity contribution is 0.102. The minimum Gasteiger partial charge on any atom is -0.324 e. The maximum absolute atomic E-state index is 13.5. The van der Waals surface area contributed by atoms with Crippen LogP contribution in [0.4, 0.5) is 17.3 Å². The van der Waals surface area contributed by atoms with Crippen molar-refractivity contribution in [2.75, 3.05) is 10.6 Å². The van der Waals surface area contributed by atoms with Gasteiger partial charge in [-0.2, -0.15) is 0 Å². The van der Waals surface area contributed by atoms with Crippen LogP contribution in [0.2, 0.25) is 0 Å². The lowest BCUT2D eigenvalue weighted by atomic mass is 10.1. The molecule has 0 aliphatic heterocycles. The highest BCUT2D eigenvalue weighted by Crippen LogP contribution is 2.24. The van der Waals surface area contributed by atoms with Gasteiger partial charge in [-0.1, -0.05) is 6.04 Å². The number of anilines is 3. The highest BCUT2D eigenvalue weighted by Gasteiger charge is 2.12. The summed E-state index contributed by atoms with van der Waals surface area (Å²) in [5, 5.41) is 5.65. The van der Waals surface area contributed by atoms with E-state index in [0.717, 1.165) is 16.8 Å². The van der Waals surface area contributed by atoms with Gasteiger partial charge in [-0.05, 0) is 92.0 Å². The number of pyridine rings is 1. The van der Waals surface area contributed by atoms with Crippen LogP contribution in [0.25, 0.3) is 16.9 Å². The molecule has 0 spiro atoms. The van der Waals surface area contributed by atoms with Crippen LogP contribution in [0.15, 0.2) is 91.5 Å². The number of nitrogens with zero attached hydrogens (tertiary/aromatic N) is 4. The molecule has 3 aromatic heterocycles. The molecule has 2 N–H and O–H groups in total. The Labute approximate surface area is 216 Å². The van der Waals surface area contributed by atoms with E-state index in [0.29, 0.717) is 11.3 Å². The van der Waals surface area contributed by atoms with Crippen LogP contribution in [-0.2, 0) is 0 Å². The number of benzene rings is 2. The number of aryl methyl sites for hydroxylation is 2. The summed E-state index contributed by atoms with van der Waals surface area (Å²) >= 11 is 0. The zero-order chi connectivity index (χ0) is 29.4. The molecule has 5 aromatic rings. The van der Waals surface area contributed by atoms with Crippen molar-refractivity contribution in [1.29, 1.82) is 0 Å². The van der Waals surface area contributed by atoms with Gasteiger partial charge in [-0.15, -0.1) is 0 Å². The molecule has 0 bridgehead atoms. The molecule has 0 saturated carbocycles. The molecule has 1 amide bonds. The predicted molar refractivity (Wildman–Crippen MR) is 143 cm³/mol. The molecule has 3 heterocycles. The fraction of sp³-hybridized carbons (Fsp3) is 0.103. The van der Waals surface area contributed by atoms with Crippen LogP contribution in [0.5, 0.6) is 0 Å². The SMILES string of the molecule is [2H]c1nc(Nc2c([2H])c(C(=O)Nc3cc(C)cc(-n4ccc(C)c4)c3)c([2H])c([2H])c2C)nc(-c2cccnc2)c1[2H]. The first-order chi connectivity index (χ1) is 19.5. The van der Waals surface area contributed by atoms with Gasteiger partial charge in [-0.3, -0.25) is 9.78 Å². The molecule has 0 fully saturated rings. The molecule has 36 heavy (non-hydrogen) atoms. The van der Waals surface area contributed by atoms with E-state index in [1.54, 1.807) is 37.4 Å².